The highest BCUT2D eigenvalue weighted by molar-refractivity contribution is 7.12. The van der Waals surface area contributed by atoms with Crippen LogP contribution in [-0.4, -0.2) is 7.05 Å². The van der Waals surface area contributed by atoms with Gasteiger partial charge in [0.25, 0.3) is 0 Å². The molecule has 0 amide bonds. The van der Waals surface area contributed by atoms with E-state index in [2.05, 4.69) is 12.2 Å². The second-order valence-corrected chi connectivity index (χ2v) is 4.00. The summed E-state index contributed by atoms with van der Waals surface area (Å²) in [7, 11) is 1.94. The van der Waals surface area contributed by atoms with Gasteiger partial charge in [-0.1, -0.05) is 18.5 Å². The van der Waals surface area contributed by atoms with Crippen molar-refractivity contribution in [3.8, 4) is 0 Å². The molecular weight excluding hydrogens is 178 g/mol. The molecule has 1 rings (SSSR count). The van der Waals surface area contributed by atoms with Crippen molar-refractivity contribution in [1.29, 1.82) is 0 Å². The third kappa shape index (κ3) is 2.19. The first-order chi connectivity index (χ1) is 5.27. The normalized spacial score (nSPS) is 10.5. The number of aryl methyl sites for hydroxylation is 1. The van der Waals surface area contributed by atoms with Gasteiger partial charge in [0.05, 0.1) is 5.02 Å². The number of nitrogens with one attached hydrogen (secondary N) is 1. The first-order valence-corrected chi connectivity index (χ1v) is 4.89. The van der Waals surface area contributed by atoms with Gasteiger partial charge in [0.15, 0.2) is 0 Å². The molecule has 3 heteroatoms. The fourth-order valence-corrected chi connectivity index (χ4v) is 2.42. The van der Waals surface area contributed by atoms with E-state index in [4.69, 9.17) is 11.6 Å². The number of halogens is 1. The van der Waals surface area contributed by atoms with E-state index in [1.54, 1.807) is 11.3 Å². The molecule has 1 N–H and O–H groups in total. The summed E-state index contributed by atoms with van der Waals surface area (Å²) in [5, 5.41) is 4.02. The predicted molar refractivity (Wildman–Crippen MR) is 51.5 cm³/mol. The zero-order valence-electron chi connectivity index (χ0n) is 6.78. The number of hydrogen-bond acceptors (Lipinski definition) is 2. The predicted octanol–water partition coefficient (Wildman–Crippen LogP) is 2.68. The second-order valence-electron chi connectivity index (χ2n) is 2.37. The van der Waals surface area contributed by atoms with E-state index in [0.717, 1.165) is 18.0 Å². The molecule has 0 atom stereocenters. The van der Waals surface area contributed by atoms with Gasteiger partial charge in [-0.25, -0.2) is 0 Å². The molecule has 1 aromatic rings. The second kappa shape index (κ2) is 4.10. The van der Waals surface area contributed by atoms with E-state index in [1.165, 1.54) is 9.75 Å². The van der Waals surface area contributed by atoms with Gasteiger partial charge < -0.3 is 5.32 Å². The van der Waals surface area contributed by atoms with Crippen LogP contribution in [0.15, 0.2) is 6.07 Å². The van der Waals surface area contributed by atoms with Crippen molar-refractivity contribution in [3.05, 3.63) is 20.8 Å². The summed E-state index contributed by atoms with van der Waals surface area (Å²) in [6.45, 7) is 3.05. The molecule has 0 saturated carbocycles. The maximum absolute atomic E-state index is 5.96. The van der Waals surface area contributed by atoms with Gasteiger partial charge in [0, 0.05) is 16.3 Å². The molecule has 1 nitrogen and oxygen atoms in total. The molecule has 0 radical (unpaired) electrons. The molecule has 1 aromatic heterocycles. The van der Waals surface area contributed by atoms with Gasteiger partial charge in [-0.05, 0) is 19.5 Å². The average molecular weight is 190 g/mol. The Morgan fingerprint density at radius 3 is 2.82 bits per heavy atom. The fraction of sp³-hybridized carbons (Fsp3) is 0.500. The minimum Gasteiger partial charge on any atom is -0.315 e. The van der Waals surface area contributed by atoms with Crippen molar-refractivity contribution in [2.24, 2.45) is 0 Å². The summed E-state index contributed by atoms with van der Waals surface area (Å²) in [6, 6.07) is 2.04. The van der Waals surface area contributed by atoms with Gasteiger partial charge >= 0.3 is 0 Å². The summed E-state index contributed by atoms with van der Waals surface area (Å²) in [4.78, 5) is 2.60. The number of thiophene rings is 1. The highest BCUT2D eigenvalue weighted by atomic mass is 35.5. The summed E-state index contributed by atoms with van der Waals surface area (Å²) in [5.74, 6) is 0. The van der Waals surface area contributed by atoms with Crippen LogP contribution in [0.3, 0.4) is 0 Å². The van der Waals surface area contributed by atoms with Gasteiger partial charge in [-0.2, -0.15) is 0 Å². The highest BCUT2D eigenvalue weighted by Crippen LogP contribution is 2.26. The largest absolute Gasteiger partial charge is 0.315 e. The lowest BCUT2D eigenvalue weighted by Gasteiger charge is -1.90. The van der Waals surface area contributed by atoms with Crippen LogP contribution in [0.4, 0.5) is 0 Å². The van der Waals surface area contributed by atoms with Crippen molar-refractivity contribution >= 4 is 22.9 Å². The molecule has 0 aliphatic rings. The number of hydrogen-bond donors (Lipinski definition) is 1. The van der Waals surface area contributed by atoms with Crippen LogP contribution in [0.5, 0.6) is 0 Å². The Labute approximate surface area is 76.4 Å². The highest BCUT2D eigenvalue weighted by Gasteiger charge is 2.03. The van der Waals surface area contributed by atoms with Crippen molar-refractivity contribution in [2.45, 2.75) is 19.9 Å². The molecule has 1 heterocycles. The smallest absolute Gasteiger partial charge is 0.0548 e. The number of rotatable bonds is 3. The standard InChI is InChI=1S/C8H12ClNS/c1-3-8-7(9)4-6(11-8)5-10-2/h4,10H,3,5H2,1-2H3. The van der Waals surface area contributed by atoms with E-state index in [-0.39, 0.29) is 0 Å². The van der Waals surface area contributed by atoms with Crippen LogP contribution in [-0.2, 0) is 13.0 Å². The minimum absolute atomic E-state index is 0.919. The quantitative estimate of drug-likeness (QED) is 0.771. The Morgan fingerprint density at radius 2 is 2.36 bits per heavy atom. The van der Waals surface area contributed by atoms with Crippen LogP contribution in [0.25, 0.3) is 0 Å². The van der Waals surface area contributed by atoms with Gasteiger partial charge in [-0.3, -0.25) is 0 Å². The molecule has 0 unspecified atom stereocenters. The van der Waals surface area contributed by atoms with E-state index < -0.39 is 0 Å². The lowest BCUT2D eigenvalue weighted by atomic mass is 10.3. The van der Waals surface area contributed by atoms with E-state index >= 15 is 0 Å². The van der Waals surface area contributed by atoms with Crippen LogP contribution < -0.4 is 5.32 Å². The molecule has 0 aromatic carbocycles. The third-order valence-electron chi connectivity index (χ3n) is 1.48. The Morgan fingerprint density at radius 1 is 1.64 bits per heavy atom. The van der Waals surface area contributed by atoms with Gasteiger partial charge in [0.2, 0.25) is 0 Å². The van der Waals surface area contributed by atoms with Crippen LogP contribution in [0, 0.1) is 0 Å². The SMILES string of the molecule is CCc1sc(CNC)cc1Cl. The van der Waals surface area contributed by atoms with Crippen LogP contribution in [0.2, 0.25) is 5.02 Å². The van der Waals surface area contributed by atoms with Gasteiger partial charge in [-0.15, -0.1) is 11.3 Å². The Kier molecular flexibility index (Phi) is 3.37. The van der Waals surface area contributed by atoms with Crippen molar-refractivity contribution in [1.82, 2.24) is 5.32 Å². The molecule has 0 aliphatic carbocycles. The third-order valence-corrected chi connectivity index (χ3v) is 3.21. The Balaban J connectivity index is 2.77. The average Bonchev–Trinajstić information content (AvgIpc) is 2.32. The van der Waals surface area contributed by atoms with Crippen LogP contribution in [0.1, 0.15) is 16.7 Å². The zero-order chi connectivity index (χ0) is 8.27. The molecule has 11 heavy (non-hydrogen) atoms. The minimum atomic E-state index is 0.919. The summed E-state index contributed by atoms with van der Waals surface area (Å²) < 4.78 is 0. The van der Waals surface area contributed by atoms with Crippen molar-refractivity contribution < 1.29 is 0 Å². The van der Waals surface area contributed by atoms with E-state index in [9.17, 15) is 0 Å². The molecule has 0 fully saturated rings. The topological polar surface area (TPSA) is 12.0 Å². The summed E-state index contributed by atoms with van der Waals surface area (Å²) >= 11 is 7.75. The van der Waals surface area contributed by atoms with Crippen molar-refractivity contribution in [2.75, 3.05) is 7.05 Å². The molecule has 0 saturated heterocycles. The molecule has 0 bridgehead atoms. The zero-order valence-corrected chi connectivity index (χ0v) is 8.35. The fourth-order valence-electron chi connectivity index (χ4n) is 0.961. The molecule has 0 aliphatic heterocycles. The molecular formula is C8H12ClNS. The summed E-state index contributed by atoms with van der Waals surface area (Å²) in [5.41, 5.74) is 0. The monoisotopic (exact) mass is 189 g/mol. The first kappa shape index (κ1) is 9.04. The lowest BCUT2D eigenvalue weighted by Crippen LogP contribution is -2.02. The van der Waals surface area contributed by atoms with Crippen LogP contribution >= 0.6 is 22.9 Å². The Hall–Kier alpha value is -0.0500. The molecule has 0 spiro atoms. The lowest BCUT2D eigenvalue weighted by molar-refractivity contribution is 0.831. The van der Waals surface area contributed by atoms with Gasteiger partial charge in [0.1, 0.15) is 0 Å². The van der Waals surface area contributed by atoms with E-state index in [0.29, 0.717) is 0 Å². The van der Waals surface area contributed by atoms with E-state index in [1.807, 2.05) is 13.1 Å². The Bertz CT molecular complexity index is 232. The maximum Gasteiger partial charge on any atom is 0.0548 e. The molecule has 62 valence electrons. The van der Waals surface area contributed by atoms with Crippen molar-refractivity contribution in [3.63, 3.8) is 0 Å². The summed E-state index contributed by atoms with van der Waals surface area (Å²) in [6.07, 6.45) is 1.03. The first-order valence-electron chi connectivity index (χ1n) is 3.69. The maximum atomic E-state index is 5.96.